The zero-order chi connectivity index (χ0) is 23.7. The average Bonchev–Trinajstić information content (AvgIpc) is 3.31. The Bertz CT molecular complexity index is 1150. The fourth-order valence-corrected chi connectivity index (χ4v) is 5.07. The van der Waals surface area contributed by atoms with Crippen LogP contribution >= 0.6 is 11.6 Å². The van der Waals surface area contributed by atoms with Gasteiger partial charge < -0.3 is 19.7 Å². The second kappa shape index (κ2) is 9.61. The maximum Gasteiger partial charge on any atom is 0.322 e. The number of anilines is 2. The van der Waals surface area contributed by atoms with Gasteiger partial charge in [-0.1, -0.05) is 18.5 Å². The first-order chi connectivity index (χ1) is 16.5. The van der Waals surface area contributed by atoms with E-state index >= 15 is 0 Å². The van der Waals surface area contributed by atoms with Gasteiger partial charge in [-0.2, -0.15) is 10.1 Å². The summed E-state index contributed by atoms with van der Waals surface area (Å²) in [7, 11) is 1.60. The molecule has 1 aromatic carbocycles. The highest BCUT2D eigenvalue weighted by Gasteiger charge is 2.42. The summed E-state index contributed by atoms with van der Waals surface area (Å²) in [6.07, 6.45) is 4.94. The molecule has 2 bridgehead atoms. The van der Waals surface area contributed by atoms with Crippen molar-refractivity contribution in [2.75, 3.05) is 30.4 Å². The molecule has 2 aromatic heterocycles. The van der Waals surface area contributed by atoms with Gasteiger partial charge in [0.05, 0.1) is 24.0 Å². The quantitative estimate of drug-likeness (QED) is 0.500. The fourth-order valence-electron chi connectivity index (χ4n) is 4.90. The molecule has 1 N–H and O–H groups in total. The molecule has 1 saturated carbocycles. The van der Waals surface area contributed by atoms with Crippen LogP contribution in [0.3, 0.4) is 0 Å². The average molecular weight is 488 g/mol. The number of nitrogens with zero attached hydrogens (tertiary/aromatic N) is 6. The largest absolute Gasteiger partial charge is 0.480 e. The summed E-state index contributed by atoms with van der Waals surface area (Å²) in [6, 6.07) is 6.80. The molecular formula is C23H27ClFN7O2. The molecule has 9 nitrogen and oxygen atoms in total. The first kappa shape index (κ1) is 22.6. The molecule has 2 fully saturated rings. The van der Waals surface area contributed by atoms with E-state index < -0.39 is 5.82 Å². The highest BCUT2D eigenvalue weighted by molar-refractivity contribution is 6.30. The van der Waals surface area contributed by atoms with Gasteiger partial charge in [-0.25, -0.2) is 9.07 Å². The maximum atomic E-state index is 13.5. The van der Waals surface area contributed by atoms with Gasteiger partial charge in [-0.3, -0.25) is 0 Å². The molecule has 3 atom stereocenters. The van der Waals surface area contributed by atoms with Crippen LogP contribution in [-0.4, -0.2) is 51.2 Å². The number of nitrogens with one attached hydrogen (secondary N) is 1. The molecule has 0 spiro atoms. The van der Waals surface area contributed by atoms with E-state index in [-0.39, 0.29) is 11.1 Å². The molecule has 2 aliphatic rings. The molecule has 11 heteroatoms. The number of benzene rings is 1. The lowest BCUT2D eigenvalue weighted by Gasteiger charge is -2.39. The molecule has 0 amide bonds. The Hall–Kier alpha value is -3.14. The summed E-state index contributed by atoms with van der Waals surface area (Å²) in [5, 5.41) is 16.3. The number of rotatable bonds is 8. The Kier molecular flexibility index (Phi) is 6.40. The molecule has 3 heterocycles. The predicted octanol–water partition coefficient (Wildman–Crippen LogP) is 4.40. The topological polar surface area (TPSA) is 90.2 Å². The van der Waals surface area contributed by atoms with Gasteiger partial charge in [0.25, 0.3) is 0 Å². The lowest BCUT2D eigenvalue weighted by atomic mass is 9.92. The molecule has 180 valence electrons. The zero-order valence-electron chi connectivity index (χ0n) is 19.1. The van der Waals surface area contributed by atoms with Crippen LogP contribution in [0.5, 0.6) is 17.6 Å². The Morgan fingerprint density at radius 2 is 2.00 bits per heavy atom. The van der Waals surface area contributed by atoms with Gasteiger partial charge in [0.1, 0.15) is 11.6 Å². The summed E-state index contributed by atoms with van der Waals surface area (Å²) >= 11 is 5.90. The number of aryl methyl sites for hydroxylation is 1. The lowest BCUT2D eigenvalue weighted by molar-refractivity contribution is 0.372. The summed E-state index contributed by atoms with van der Waals surface area (Å²) in [5.74, 6) is 1.89. The van der Waals surface area contributed by atoms with Crippen molar-refractivity contribution < 1.29 is 13.9 Å². The van der Waals surface area contributed by atoms with Crippen LogP contribution in [0.25, 0.3) is 0 Å². The number of aromatic nitrogens is 5. The molecule has 5 rings (SSSR count). The van der Waals surface area contributed by atoms with E-state index in [0.29, 0.717) is 42.0 Å². The molecule has 1 saturated heterocycles. The van der Waals surface area contributed by atoms with Crippen LogP contribution in [0.2, 0.25) is 5.02 Å². The van der Waals surface area contributed by atoms with Crippen LogP contribution in [0, 0.1) is 17.7 Å². The molecule has 1 unspecified atom stereocenters. The monoisotopic (exact) mass is 487 g/mol. The van der Waals surface area contributed by atoms with Crippen molar-refractivity contribution in [3.63, 3.8) is 0 Å². The van der Waals surface area contributed by atoms with Crippen molar-refractivity contribution >= 4 is 23.2 Å². The third-order valence-electron chi connectivity index (χ3n) is 6.49. The summed E-state index contributed by atoms with van der Waals surface area (Å²) in [6.45, 7) is 4.54. The highest BCUT2D eigenvalue weighted by atomic mass is 35.5. The van der Waals surface area contributed by atoms with Gasteiger partial charge in [0.2, 0.25) is 11.8 Å². The summed E-state index contributed by atoms with van der Waals surface area (Å²) in [4.78, 5) is 6.95. The van der Waals surface area contributed by atoms with Crippen LogP contribution in [0.15, 0.2) is 30.5 Å². The molecule has 1 aliphatic carbocycles. The van der Waals surface area contributed by atoms with Gasteiger partial charge in [0, 0.05) is 37.8 Å². The fraction of sp³-hybridized carbons (Fsp3) is 0.478. The van der Waals surface area contributed by atoms with Gasteiger partial charge in [-0.15, -0.1) is 10.2 Å². The molecular weight excluding hydrogens is 461 g/mol. The lowest BCUT2D eigenvalue weighted by Crippen LogP contribution is -2.48. The van der Waals surface area contributed by atoms with E-state index in [4.69, 9.17) is 21.1 Å². The number of halogens is 2. The van der Waals surface area contributed by atoms with Crippen LogP contribution in [0.4, 0.5) is 16.0 Å². The van der Waals surface area contributed by atoms with E-state index in [2.05, 4.69) is 37.4 Å². The van der Waals surface area contributed by atoms with Crippen molar-refractivity contribution in [1.29, 1.82) is 0 Å². The maximum absolute atomic E-state index is 13.5. The number of methoxy groups -OCH3 is 1. The normalized spacial score (nSPS) is 21.5. The third kappa shape index (κ3) is 4.59. The number of hydrogen-bond donors (Lipinski definition) is 1. The summed E-state index contributed by atoms with van der Waals surface area (Å²) in [5.41, 5.74) is 1.03. The minimum Gasteiger partial charge on any atom is -0.480 e. The van der Waals surface area contributed by atoms with E-state index in [1.807, 2.05) is 6.07 Å². The second-order valence-electron chi connectivity index (χ2n) is 8.75. The number of hydrogen-bond acceptors (Lipinski definition) is 8. The van der Waals surface area contributed by atoms with Gasteiger partial charge >= 0.3 is 6.01 Å². The van der Waals surface area contributed by atoms with Crippen molar-refractivity contribution in [3.05, 3.63) is 41.3 Å². The van der Waals surface area contributed by atoms with Crippen molar-refractivity contribution in [2.45, 2.75) is 38.8 Å². The standard InChI is InChI=1S/C23H27ClFN7O2/c1-3-8-32-23(34-17-6-7-19(25)18(24)10-17)28-22(30-32)27-21-14-4-5-15(21)13-31(12-14)16-9-20(33-2)29-26-11-16/h6-7,9-11,14-15,21H,3-5,8,12-13H2,1-2H3,(H,27,30)/t14-,15+,21?. The smallest absolute Gasteiger partial charge is 0.322 e. The number of piperidine rings is 1. The van der Waals surface area contributed by atoms with E-state index in [0.717, 1.165) is 38.0 Å². The molecule has 34 heavy (non-hydrogen) atoms. The number of ether oxygens (including phenoxy) is 2. The Morgan fingerprint density at radius 3 is 2.71 bits per heavy atom. The summed E-state index contributed by atoms with van der Waals surface area (Å²) < 4.78 is 26.4. The van der Waals surface area contributed by atoms with Crippen LogP contribution < -0.4 is 19.7 Å². The van der Waals surface area contributed by atoms with Crippen molar-refractivity contribution in [2.24, 2.45) is 11.8 Å². The van der Waals surface area contributed by atoms with Crippen molar-refractivity contribution in [3.8, 4) is 17.6 Å². The molecule has 3 aromatic rings. The van der Waals surface area contributed by atoms with Crippen LogP contribution in [-0.2, 0) is 6.54 Å². The zero-order valence-corrected chi connectivity index (χ0v) is 19.9. The first-order valence-corrected chi connectivity index (χ1v) is 11.9. The minimum atomic E-state index is -0.491. The van der Waals surface area contributed by atoms with E-state index in [1.165, 1.54) is 18.2 Å². The third-order valence-corrected chi connectivity index (χ3v) is 6.78. The first-order valence-electron chi connectivity index (χ1n) is 11.5. The predicted molar refractivity (Wildman–Crippen MR) is 126 cm³/mol. The van der Waals surface area contributed by atoms with E-state index in [9.17, 15) is 4.39 Å². The molecule has 1 aliphatic heterocycles. The van der Waals surface area contributed by atoms with Crippen molar-refractivity contribution in [1.82, 2.24) is 25.0 Å². The van der Waals surface area contributed by atoms with Crippen LogP contribution in [0.1, 0.15) is 26.2 Å². The highest BCUT2D eigenvalue weighted by Crippen LogP contribution is 2.40. The Balaban J connectivity index is 1.30. The van der Waals surface area contributed by atoms with Gasteiger partial charge in [0.15, 0.2) is 0 Å². The number of fused-ring (bicyclic) bond motifs is 2. The Labute approximate surface area is 202 Å². The second-order valence-corrected chi connectivity index (χ2v) is 9.16. The minimum absolute atomic E-state index is 0.00255. The van der Waals surface area contributed by atoms with Gasteiger partial charge in [-0.05, 0) is 43.2 Å². The molecule has 0 radical (unpaired) electrons. The SMILES string of the molecule is CCCn1nc(NC2[C@@H]3CC[C@H]2CN(c2cnnc(OC)c2)C3)nc1Oc1ccc(F)c(Cl)c1. The van der Waals surface area contributed by atoms with E-state index in [1.54, 1.807) is 18.0 Å². The Morgan fingerprint density at radius 1 is 1.21 bits per heavy atom.